The van der Waals surface area contributed by atoms with Gasteiger partial charge in [-0.2, -0.15) is 0 Å². The third kappa shape index (κ3) is 3.96. The van der Waals surface area contributed by atoms with E-state index in [1.807, 2.05) is 55.6 Å². The van der Waals surface area contributed by atoms with Crippen LogP contribution in [0.1, 0.15) is 28.5 Å². The highest BCUT2D eigenvalue weighted by atomic mass is 32.1. The summed E-state index contributed by atoms with van der Waals surface area (Å²) in [7, 11) is 3.95. The fourth-order valence-electron chi connectivity index (χ4n) is 3.28. The average molecular weight is 385 g/mol. The van der Waals surface area contributed by atoms with Crippen molar-refractivity contribution in [1.82, 2.24) is 9.80 Å². The van der Waals surface area contributed by atoms with Crippen molar-refractivity contribution in [3.8, 4) is 0 Å². The Hall–Kier alpha value is -2.44. The van der Waals surface area contributed by atoms with Crippen LogP contribution in [-0.2, 0) is 9.59 Å². The average Bonchev–Trinajstić information content (AvgIpc) is 3.24. The fraction of sp³-hybridized carbons (Fsp3) is 0.333. The number of amides is 1. The van der Waals surface area contributed by atoms with Gasteiger partial charge in [0.25, 0.3) is 11.7 Å². The molecule has 2 aromatic rings. The van der Waals surface area contributed by atoms with Gasteiger partial charge in [0.2, 0.25) is 0 Å². The normalized spacial score (nSPS) is 19.3. The van der Waals surface area contributed by atoms with E-state index < -0.39 is 17.7 Å². The smallest absolute Gasteiger partial charge is 0.295 e. The Balaban J connectivity index is 2.03. The van der Waals surface area contributed by atoms with Crippen LogP contribution in [0.2, 0.25) is 0 Å². The summed E-state index contributed by atoms with van der Waals surface area (Å²) in [5.74, 6) is -1.26. The quantitative estimate of drug-likeness (QED) is 0.471. The zero-order valence-corrected chi connectivity index (χ0v) is 16.6. The fourth-order valence-corrected chi connectivity index (χ4v) is 4.12. The van der Waals surface area contributed by atoms with Gasteiger partial charge in [-0.15, -0.1) is 11.3 Å². The summed E-state index contributed by atoms with van der Waals surface area (Å²) in [6.45, 7) is 3.24. The highest BCUT2D eigenvalue weighted by Gasteiger charge is 2.46. The maximum absolute atomic E-state index is 12.8. The molecule has 2 heterocycles. The highest BCUT2D eigenvalue weighted by molar-refractivity contribution is 7.10. The van der Waals surface area contributed by atoms with Gasteiger partial charge in [0.1, 0.15) is 5.76 Å². The number of aliphatic hydroxyl groups is 1. The minimum atomic E-state index is -0.615. The Kier molecular flexibility index (Phi) is 5.77. The van der Waals surface area contributed by atoms with Gasteiger partial charge in [-0.05, 0) is 45.4 Å². The summed E-state index contributed by atoms with van der Waals surface area (Å²) in [5, 5.41) is 12.8. The molecule has 1 fully saturated rings. The zero-order valence-electron chi connectivity index (χ0n) is 15.8. The summed E-state index contributed by atoms with van der Waals surface area (Å²) in [4.78, 5) is 30.0. The third-order valence-electron chi connectivity index (χ3n) is 4.68. The van der Waals surface area contributed by atoms with E-state index >= 15 is 0 Å². The van der Waals surface area contributed by atoms with Gasteiger partial charge in [0, 0.05) is 17.0 Å². The highest BCUT2D eigenvalue weighted by Crippen LogP contribution is 2.41. The van der Waals surface area contributed by atoms with E-state index in [-0.39, 0.29) is 11.3 Å². The van der Waals surface area contributed by atoms with Crippen LogP contribution in [0.3, 0.4) is 0 Å². The first-order valence-corrected chi connectivity index (χ1v) is 9.81. The molecule has 6 heteroatoms. The van der Waals surface area contributed by atoms with E-state index in [1.165, 1.54) is 11.3 Å². The molecule has 1 amide bonds. The molecule has 142 valence electrons. The SMILES string of the molecule is Cc1ccc(/C(O)=C2\C(=O)C(=O)N(CCCN(C)C)[C@H]2c2cccs2)cc1. The van der Waals surface area contributed by atoms with E-state index in [1.54, 1.807) is 17.0 Å². The van der Waals surface area contributed by atoms with Gasteiger partial charge < -0.3 is 14.9 Å². The van der Waals surface area contributed by atoms with Crippen molar-refractivity contribution in [1.29, 1.82) is 0 Å². The lowest BCUT2D eigenvalue weighted by Gasteiger charge is -2.24. The van der Waals surface area contributed by atoms with E-state index in [4.69, 9.17) is 0 Å². The number of thiophene rings is 1. The van der Waals surface area contributed by atoms with Crippen LogP contribution in [-0.4, -0.2) is 53.8 Å². The van der Waals surface area contributed by atoms with Crippen LogP contribution >= 0.6 is 11.3 Å². The number of aliphatic hydroxyl groups excluding tert-OH is 1. The number of carbonyl (C=O) groups is 2. The number of aryl methyl sites for hydroxylation is 1. The maximum Gasteiger partial charge on any atom is 0.295 e. The van der Waals surface area contributed by atoms with Crippen molar-refractivity contribution >= 4 is 28.8 Å². The van der Waals surface area contributed by atoms with Crippen LogP contribution < -0.4 is 0 Å². The van der Waals surface area contributed by atoms with Crippen molar-refractivity contribution in [2.75, 3.05) is 27.2 Å². The molecule has 1 saturated heterocycles. The molecule has 0 bridgehead atoms. The van der Waals surface area contributed by atoms with Crippen LogP contribution in [0.15, 0.2) is 47.4 Å². The second kappa shape index (κ2) is 8.06. The van der Waals surface area contributed by atoms with E-state index in [2.05, 4.69) is 0 Å². The number of carbonyl (C=O) groups excluding carboxylic acids is 2. The van der Waals surface area contributed by atoms with Gasteiger partial charge in [-0.3, -0.25) is 9.59 Å². The number of hydrogen-bond donors (Lipinski definition) is 1. The molecule has 1 aliphatic rings. The topological polar surface area (TPSA) is 60.9 Å². The lowest BCUT2D eigenvalue weighted by atomic mass is 9.99. The van der Waals surface area contributed by atoms with E-state index in [0.29, 0.717) is 12.1 Å². The second-order valence-electron chi connectivity index (χ2n) is 7.03. The van der Waals surface area contributed by atoms with Gasteiger partial charge in [0.15, 0.2) is 0 Å². The summed E-state index contributed by atoms with van der Waals surface area (Å²) < 4.78 is 0. The van der Waals surface area contributed by atoms with Gasteiger partial charge >= 0.3 is 0 Å². The van der Waals surface area contributed by atoms with Gasteiger partial charge in [0.05, 0.1) is 11.6 Å². The molecular formula is C21H24N2O3S. The molecule has 0 spiro atoms. The summed E-state index contributed by atoms with van der Waals surface area (Å²) >= 11 is 1.48. The molecule has 1 atom stereocenters. The standard InChI is InChI=1S/C21H24N2O3S/c1-14-7-9-15(10-8-14)19(24)17-18(16-6-4-13-27-16)23(21(26)20(17)25)12-5-11-22(2)3/h4,6-10,13,18,24H,5,11-12H2,1-3H3/b19-17+/t18-/m0/s1. The van der Waals surface area contributed by atoms with Crippen LogP contribution in [0.25, 0.3) is 5.76 Å². The molecule has 1 aliphatic heterocycles. The molecule has 0 radical (unpaired) electrons. The van der Waals surface area contributed by atoms with Crippen molar-refractivity contribution in [2.24, 2.45) is 0 Å². The molecule has 1 aromatic heterocycles. The van der Waals surface area contributed by atoms with E-state index in [9.17, 15) is 14.7 Å². The number of nitrogens with zero attached hydrogens (tertiary/aromatic N) is 2. The van der Waals surface area contributed by atoms with Crippen LogP contribution in [0.5, 0.6) is 0 Å². The van der Waals surface area contributed by atoms with Crippen molar-refractivity contribution in [3.05, 3.63) is 63.4 Å². The second-order valence-corrected chi connectivity index (χ2v) is 8.01. The minimum Gasteiger partial charge on any atom is -0.507 e. The molecular weight excluding hydrogens is 360 g/mol. The number of ketones is 1. The van der Waals surface area contributed by atoms with Gasteiger partial charge in [-0.25, -0.2) is 0 Å². The predicted molar refractivity (Wildman–Crippen MR) is 108 cm³/mol. The van der Waals surface area contributed by atoms with Crippen molar-refractivity contribution in [2.45, 2.75) is 19.4 Å². The first-order chi connectivity index (χ1) is 12.9. The lowest BCUT2D eigenvalue weighted by Crippen LogP contribution is -2.32. The largest absolute Gasteiger partial charge is 0.507 e. The third-order valence-corrected chi connectivity index (χ3v) is 5.61. The van der Waals surface area contributed by atoms with E-state index in [0.717, 1.165) is 23.4 Å². The first-order valence-electron chi connectivity index (χ1n) is 8.93. The summed E-state index contributed by atoms with van der Waals surface area (Å²) in [6.07, 6.45) is 0.756. The lowest BCUT2D eigenvalue weighted by molar-refractivity contribution is -0.139. The van der Waals surface area contributed by atoms with Crippen molar-refractivity contribution in [3.63, 3.8) is 0 Å². The molecule has 27 heavy (non-hydrogen) atoms. The number of rotatable bonds is 6. The Morgan fingerprint density at radius 2 is 1.89 bits per heavy atom. The predicted octanol–water partition coefficient (Wildman–Crippen LogP) is 3.43. The van der Waals surface area contributed by atoms with Crippen molar-refractivity contribution < 1.29 is 14.7 Å². The Morgan fingerprint density at radius 1 is 1.19 bits per heavy atom. The molecule has 1 N–H and O–H groups in total. The minimum absolute atomic E-state index is 0.109. The zero-order chi connectivity index (χ0) is 19.6. The monoisotopic (exact) mass is 384 g/mol. The number of likely N-dealkylation sites (tertiary alicyclic amines) is 1. The number of Topliss-reactive ketones (excluding diaryl/α,β-unsaturated/α-hetero) is 1. The van der Waals surface area contributed by atoms with Crippen LogP contribution in [0, 0.1) is 6.92 Å². The molecule has 0 unspecified atom stereocenters. The molecule has 1 aromatic carbocycles. The summed E-state index contributed by atoms with van der Waals surface area (Å²) in [5.41, 5.74) is 1.79. The maximum atomic E-state index is 12.8. The molecule has 5 nitrogen and oxygen atoms in total. The number of benzene rings is 1. The molecule has 3 rings (SSSR count). The Labute approximate surface area is 163 Å². The van der Waals surface area contributed by atoms with Crippen LogP contribution in [0.4, 0.5) is 0 Å². The first kappa shape index (κ1) is 19.3. The number of hydrogen-bond acceptors (Lipinski definition) is 5. The molecule has 0 saturated carbocycles. The Morgan fingerprint density at radius 3 is 2.48 bits per heavy atom. The Bertz CT molecular complexity index is 854. The van der Waals surface area contributed by atoms with Gasteiger partial charge in [-0.1, -0.05) is 35.9 Å². The molecule has 0 aliphatic carbocycles. The summed E-state index contributed by atoms with van der Waals surface area (Å²) in [6, 6.07) is 10.6.